The molecule has 13 heavy (non-hydrogen) atoms. The molecule has 0 bridgehead atoms. The van der Waals surface area contributed by atoms with E-state index < -0.39 is 0 Å². The van der Waals surface area contributed by atoms with E-state index >= 15 is 0 Å². The zero-order chi connectivity index (χ0) is 10.5. The predicted molar refractivity (Wildman–Crippen MR) is 56.8 cm³/mol. The van der Waals surface area contributed by atoms with Crippen LogP contribution in [0.4, 0.5) is 0 Å². The van der Waals surface area contributed by atoms with E-state index in [0.717, 1.165) is 25.9 Å². The van der Waals surface area contributed by atoms with Crippen molar-refractivity contribution in [1.82, 2.24) is 4.90 Å². The fraction of sp³-hybridized carbons (Fsp3) is 0.909. The summed E-state index contributed by atoms with van der Waals surface area (Å²) in [6.07, 6.45) is 1.05. The molecule has 0 aliphatic carbocycles. The van der Waals surface area contributed by atoms with Crippen LogP contribution in [0.3, 0.4) is 0 Å². The van der Waals surface area contributed by atoms with Crippen LogP contribution in [0.15, 0.2) is 0 Å². The fourth-order valence-electron chi connectivity index (χ4n) is 1.44. The summed E-state index contributed by atoms with van der Waals surface area (Å²) in [5.41, 5.74) is -0.203. The minimum atomic E-state index is -0.203. The first-order valence-corrected chi connectivity index (χ1v) is 5.10. The first kappa shape index (κ1) is 12.6. The topological polar surface area (TPSA) is 20.3 Å². The summed E-state index contributed by atoms with van der Waals surface area (Å²) in [4.78, 5) is 13.1. The van der Waals surface area contributed by atoms with Crippen LogP contribution >= 0.6 is 0 Å². The number of hydrogen-bond acceptors (Lipinski definition) is 2. The van der Waals surface area contributed by atoms with E-state index in [1.54, 1.807) is 0 Å². The Balaban J connectivity index is 4.04. The Labute approximate surface area is 82.3 Å². The highest BCUT2D eigenvalue weighted by atomic mass is 16.1. The third kappa shape index (κ3) is 5.81. The average Bonchev–Trinajstić information content (AvgIpc) is 2.02. The molecule has 0 aromatic rings. The van der Waals surface area contributed by atoms with Gasteiger partial charge < -0.3 is 9.69 Å². The second-order valence-electron chi connectivity index (χ2n) is 4.83. The minimum Gasteiger partial charge on any atom is -0.303 e. The number of aldehydes is 1. The van der Waals surface area contributed by atoms with Crippen LogP contribution in [0, 0.1) is 11.3 Å². The van der Waals surface area contributed by atoms with Crippen molar-refractivity contribution >= 4 is 6.29 Å². The molecule has 0 N–H and O–H groups in total. The van der Waals surface area contributed by atoms with E-state index in [-0.39, 0.29) is 5.41 Å². The highest BCUT2D eigenvalue weighted by molar-refractivity contribution is 5.58. The fourth-order valence-corrected chi connectivity index (χ4v) is 1.44. The SMILES string of the molecule is CCN(CC(C)C)CC(C)(C)C=O. The van der Waals surface area contributed by atoms with Crippen molar-refractivity contribution in [2.45, 2.75) is 34.6 Å². The quantitative estimate of drug-likeness (QED) is 0.591. The maximum Gasteiger partial charge on any atom is 0.126 e. The van der Waals surface area contributed by atoms with Crippen LogP contribution < -0.4 is 0 Å². The molecule has 0 radical (unpaired) electrons. The van der Waals surface area contributed by atoms with Gasteiger partial charge >= 0.3 is 0 Å². The predicted octanol–water partition coefficient (Wildman–Crippen LogP) is 2.19. The summed E-state index contributed by atoms with van der Waals surface area (Å²) in [5.74, 6) is 0.669. The summed E-state index contributed by atoms with van der Waals surface area (Å²) < 4.78 is 0. The highest BCUT2D eigenvalue weighted by Gasteiger charge is 2.20. The van der Waals surface area contributed by atoms with Crippen molar-refractivity contribution in [3.05, 3.63) is 0 Å². The third-order valence-electron chi connectivity index (χ3n) is 2.02. The molecule has 0 aliphatic heterocycles. The summed E-state index contributed by atoms with van der Waals surface area (Å²) in [5, 5.41) is 0. The molecule has 0 aromatic heterocycles. The van der Waals surface area contributed by atoms with Gasteiger partial charge in [-0.15, -0.1) is 0 Å². The first-order valence-electron chi connectivity index (χ1n) is 5.10. The molecule has 0 aliphatic rings. The first-order chi connectivity index (χ1) is 5.91. The van der Waals surface area contributed by atoms with Crippen LogP contribution in [-0.2, 0) is 4.79 Å². The maximum atomic E-state index is 10.7. The smallest absolute Gasteiger partial charge is 0.126 e. The Morgan fingerprint density at radius 2 is 1.92 bits per heavy atom. The molecule has 0 aromatic carbocycles. The van der Waals surface area contributed by atoms with Crippen LogP contribution in [0.2, 0.25) is 0 Å². The third-order valence-corrected chi connectivity index (χ3v) is 2.02. The molecule has 2 nitrogen and oxygen atoms in total. The van der Waals surface area contributed by atoms with Crippen LogP contribution in [0.1, 0.15) is 34.6 Å². The summed E-state index contributed by atoms with van der Waals surface area (Å²) >= 11 is 0. The van der Waals surface area contributed by atoms with E-state index in [4.69, 9.17) is 0 Å². The van der Waals surface area contributed by atoms with Crippen molar-refractivity contribution in [1.29, 1.82) is 0 Å². The molecule has 0 fully saturated rings. The van der Waals surface area contributed by atoms with Gasteiger partial charge in [-0.2, -0.15) is 0 Å². The van der Waals surface area contributed by atoms with Gasteiger partial charge in [-0.1, -0.05) is 34.6 Å². The Bertz CT molecular complexity index is 152. The number of nitrogens with zero attached hydrogens (tertiary/aromatic N) is 1. The van der Waals surface area contributed by atoms with Gasteiger partial charge in [0.05, 0.1) is 0 Å². The molecule has 0 amide bonds. The van der Waals surface area contributed by atoms with Gasteiger partial charge in [0, 0.05) is 18.5 Å². The lowest BCUT2D eigenvalue weighted by atomic mass is 9.95. The number of rotatable bonds is 6. The molecule has 0 saturated heterocycles. The molecule has 0 unspecified atom stereocenters. The lowest BCUT2D eigenvalue weighted by Gasteiger charge is -2.29. The summed E-state index contributed by atoms with van der Waals surface area (Å²) in [7, 11) is 0. The van der Waals surface area contributed by atoms with Gasteiger partial charge in [-0.3, -0.25) is 0 Å². The average molecular weight is 185 g/mol. The molecule has 78 valence electrons. The van der Waals surface area contributed by atoms with Gasteiger partial charge in [0.1, 0.15) is 6.29 Å². The van der Waals surface area contributed by atoms with E-state index in [1.165, 1.54) is 0 Å². The van der Waals surface area contributed by atoms with Crippen molar-refractivity contribution in [2.24, 2.45) is 11.3 Å². The number of hydrogen-bond donors (Lipinski definition) is 0. The van der Waals surface area contributed by atoms with Gasteiger partial charge in [0.2, 0.25) is 0 Å². The second kappa shape index (κ2) is 5.38. The lowest BCUT2D eigenvalue weighted by molar-refractivity contribution is -0.115. The number of carbonyl (C=O) groups excluding carboxylic acids is 1. The van der Waals surface area contributed by atoms with Crippen LogP contribution in [0.25, 0.3) is 0 Å². The van der Waals surface area contributed by atoms with Crippen molar-refractivity contribution in [3.8, 4) is 0 Å². The number of carbonyl (C=O) groups is 1. The largest absolute Gasteiger partial charge is 0.303 e. The van der Waals surface area contributed by atoms with Gasteiger partial charge in [-0.25, -0.2) is 0 Å². The second-order valence-corrected chi connectivity index (χ2v) is 4.83. The van der Waals surface area contributed by atoms with Crippen molar-refractivity contribution in [3.63, 3.8) is 0 Å². The molecule has 2 heteroatoms. The molecule has 0 rings (SSSR count). The molecular formula is C11H23NO. The van der Waals surface area contributed by atoms with Crippen molar-refractivity contribution in [2.75, 3.05) is 19.6 Å². The Hall–Kier alpha value is -0.370. The maximum absolute atomic E-state index is 10.7. The summed E-state index contributed by atoms with van der Waals surface area (Å²) in [6, 6.07) is 0. The van der Waals surface area contributed by atoms with Crippen molar-refractivity contribution < 1.29 is 4.79 Å². The Morgan fingerprint density at radius 3 is 2.23 bits per heavy atom. The standard InChI is InChI=1S/C11H23NO/c1-6-12(7-10(2)3)8-11(4,5)9-13/h9-10H,6-8H2,1-5H3. The minimum absolute atomic E-state index is 0.203. The van der Waals surface area contributed by atoms with Gasteiger partial charge in [0.15, 0.2) is 0 Å². The zero-order valence-corrected chi connectivity index (χ0v) is 9.63. The van der Waals surface area contributed by atoms with Gasteiger partial charge in [-0.05, 0) is 12.5 Å². The molecular weight excluding hydrogens is 162 g/mol. The summed E-state index contributed by atoms with van der Waals surface area (Å²) in [6.45, 7) is 13.5. The van der Waals surface area contributed by atoms with E-state index in [0.29, 0.717) is 5.92 Å². The monoisotopic (exact) mass is 185 g/mol. The van der Waals surface area contributed by atoms with E-state index in [2.05, 4.69) is 25.7 Å². The van der Waals surface area contributed by atoms with E-state index in [9.17, 15) is 4.79 Å². The van der Waals surface area contributed by atoms with Crippen LogP contribution in [-0.4, -0.2) is 30.8 Å². The van der Waals surface area contributed by atoms with Gasteiger partial charge in [0.25, 0.3) is 0 Å². The molecule has 0 saturated carbocycles. The normalized spacial score (nSPS) is 12.5. The molecule has 0 atom stereocenters. The Kier molecular flexibility index (Phi) is 5.23. The van der Waals surface area contributed by atoms with E-state index in [1.807, 2.05) is 13.8 Å². The highest BCUT2D eigenvalue weighted by Crippen LogP contribution is 2.14. The Morgan fingerprint density at radius 1 is 1.38 bits per heavy atom. The molecule has 0 heterocycles. The zero-order valence-electron chi connectivity index (χ0n) is 9.63. The molecule has 0 spiro atoms. The lowest BCUT2D eigenvalue weighted by Crippen LogP contribution is -2.37. The van der Waals surface area contributed by atoms with Crippen LogP contribution in [0.5, 0.6) is 0 Å².